The molecule has 0 aromatic heterocycles. The molecule has 1 aromatic carbocycles. The van der Waals surface area contributed by atoms with Crippen molar-refractivity contribution in [1.82, 2.24) is 0 Å². The van der Waals surface area contributed by atoms with E-state index in [2.05, 4.69) is 0 Å². The van der Waals surface area contributed by atoms with Crippen molar-refractivity contribution in [3.8, 4) is 17.2 Å². The first-order valence-corrected chi connectivity index (χ1v) is 9.72. The third-order valence-corrected chi connectivity index (χ3v) is 5.88. The number of hydrogen-bond donors (Lipinski definition) is 1. The maximum absolute atomic E-state index is 13.0. The van der Waals surface area contributed by atoms with E-state index in [0.717, 1.165) is 25.7 Å². The topological polar surface area (TPSA) is 92.7 Å². The first-order valence-electron chi connectivity index (χ1n) is 9.72. The second-order valence-corrected chi connectivity index (χ2v) is 7.56. The Hall–Kier alpha value is -2.87. The molecule has 5 rings (SSSR count). The van der Waals surface area contributed by atoms with E-state index < -0.39 is 11.8 Å². The van der Waals surface area contributed by atoms with Crippen LogP contribution >= 0.6 is 0 Å². The number of esters is 1. The molecule has 1 N–H and O–H groups in total. The van der Waals surface area contributed by atoms with Crippen LogP contribution in [0, 0.1) is 5.92 Å². The molecule has 1 aliphatic carbocycles. The minimum Gasteiger partial charge on any atom is -0.493 e. The van der Waals surface area contributed by atoms with Crippen molar-refractivity contribution in [2.45, 2.75) is 37.9 Å². The molecule has 154 valence electrons. The summed E-state index contributed by atoms with van der Waals surface area (Å²) in [5.74, 6) is -0.736. The van der Waals surface area contributed by atoms with Gasteiger partial charge in [-0.15, -0.1) is 0 Å². The van der Waals surface area contributed by atoms with Gasteiger partial charge in [0.05, 0.1) is 12.7 Å². The number of cyclic esters (lactones) is 1. The van der Waals surface area contributed by atoms with Crippen molar-refractivity contribution >= 4 is 11.5 Å². The fraction of sp³-hybridized carbons (Fsp3) is 0.476. The van der Waals surface area contributed by atoms with Gasteiger partial charge in [0.2, 0.25) is 25.1 Å². The highest BCUT2D eigenvalue weighted by Gasteiger charge is 2.53. The number of hydrogen-bond acceptors (Lipinski definition) is 8. The number of benzene rings is 1. The standard InChI is InChI=1S/C21H22O8/c1-24-15-7-13(8-16-19(15)28-11-26-16)18-14(6-12-4-2-3-5-12)21(23,29-20(18)22)17-9-25-10-27-17/h7-9,12,23H,2-6,10-11H2,1H3. The highest BCUT2D eigenvalue weighted by atomic mass is 16.7. The zero-order chi connectivity index (χ0) is 20.0. The fourth-order valence-corrected chi connectivity index (χ4v) is 4.47. The summed E-state index contributed by atoms with van der Waals surface area (Å²) in [6, 6.07) is 3.41. The summed E-state index contributed by atoms with van der Waals surface area (Å²) in [5, 5.41) is 11.4. The van der Waals surface area contributed by atoms with Crippen LogP contribution in [0.5, 0.6) is 17.2 Å². The molecule has 1 fully saturated rings. The molecule has 3 aliphatic heterocycles. The van der Waals surface area contributed by atoms with Crippen molar-refractivity contribution in [2.24, 2.45) is 5.92 Å². The van der Waals surface area contributed by atoms with Gasteiger partial charge in [0.25, 0.3) is 5.79 Å². The van der Waals surface area contributed by atoms with Crippen molar-refractivity contribution in [2.75, 3.05) is 20.7 Å². The first-order chi connectivity index (χ1) is 14.1. The molecular weight excluding hydrogens is 380 g/mol. The molecule has 0 spiro atoms. The van der Waals surface area contributed by atoms with Crippen LogP contribution in [0.4, 0.5) is 0 Å². The lowest BCUT2D eigenvalue weighted by atomic mass is 9.87. The molecule has 0 amide bonds. The van der Waals surface area contributed by atoms with Crippen LogP contribution < -0.4 is 14.2 Å². The third kappa shape index (κ3) is 2.90. The van der Waals surface area contributed by atoms with Crippen LogP contribution in [-0.4, -0.2) is 37.6 Å². The van der Waals surface area contributed by atoms with E-state index in [1.54, 1.807) is 12.1 Å². The van der Waals surface area contributed by atoms with Gasteiger partial charge in [-0.3, -0.25) is 0 Å². The lowest BCUT2D eigenvalue weighted by Crippen LogP contribution is -2.35. The van der Waals surface area contributed by atoms with Gasteiger partial charge in [-0.2, -0.15) is 0 Å². The summed E-state index contributed by atoms with van der Waals surface area (Å²) < 4.78 is 32.3. The molecule has 8 nitrogen and oxygen atoms in total. The maximum Gasteiger partial charge on any atom is 0.342 e. The lowest BCUT2D eigenvalue weighted by molar-refractivity contribution is -0.180. The van der Waals surface area contributed by atoms with Crippen LogP contribution in [0.2, 0.25) is 0 Å². The van der Waals surface area contributed by atoms with Crippen LogP contribution in [-0.2, 0) is 19.0 Å². The number of carbonyl (C=O) groups excluding carboxylic acids is 1. The van der Waals surface area contributed by atoms with Crippen LogP contribution in [0.1, 0.15) is 37.7 Å². The van der Waals surface area contributed by atoms with Crippen LogP contribution in [0.3, 0.4) is 0 Å². The monoisotopic (exact) mass is 402 g/mol. The average Bonchev–Trinajstić information content (AvgIpc) is 3.50. The molecule has 8 heteroatoms. The zero-order valence-corrected chi connectivity index (χ0v) is 16.1. The number of fused-ring (bicyclic) bond motifs is 1. The Balaban J connectivity index is 1.65. The maximum atomic E-state index is 13.0. The van der Waals surface area contributed by atoms with Gasteiger partial charge >= 0.3 is 5.97 Å². The Morgan fingerprint density at radius 2 is 2.00 bits per heavy atom. The van der Waals surface area contributed by atoms with Gasteiger partial charge in [0.15, 0.2) is 11.5 Å². The quantitative estimate of drug-likeness (QED) is 0.752. The van der Waals surface area contributed by atoms with Gasteiger partial charge < -0.3 is 33.5 Å². The Morgan fingerprint density at radius 3 is 2.72 bits per heavy atom. The van der Waals surface area contributed by atoms with E-state index in [1.807, 2.05) is 0 Å². The number of rotatable bonds is 5. The molecule has 3 heterocycles. The minimum absolute atomic E-state index is 0.0287. The van der Waals surface area contributed by atoms with Gasteiger partial charge in [0, 0.05) is 5.57 Å². The summed E-state index contributed by atoms with van der Waals surface area (Å²) >= 11 is 0. The lowest BCUT2D eigenvalue weighted by Gasteiger charge is -2.25. The van der Waals surface area contributed by atoms with Gasteiger partial charge in [0.1, 0.15) is 6.26 Å². The third-order valence-electron chi connectivity index (χ3n) is 5.88. The van der Waals surface area contributed by atoms with Gasteiger partial charge in [-0.1, -0.05) is 25.7 Å². The second-order valence-electron chi connectivity index (χ2n) is 7.56. The minimum atomic E-state index is -1.98. The number of methoxy groups -OCH3 is 1. The van der Waals surface area contributed by atoms with Crippen molar-refractivity contribution < 1.29 is 38.3 Å². The van der Waals surface area contributed by atoms with Gasteiger partial charge in [-0.25, -0.2) is 4.79 Å². The van der Waals surface area contributed by atoms with Crippen LogP contribution in [0.15, 0.2) is 29.7 Å². The molecule has 1 saturated carbocycles. The summed E-state index contributed by atoms with van der Waals surface area (Å²) in [6.45, 7) is 0.0503. The zero-order valence-electron chi connectivity index (χ0n) is 16.1. The smallest absolute Gasteiger partial charge is 0.342 e. The molecule has 4 aliphatic rings. The van der Waals surface area contributed by atoms with E-state index in [1.165, 1.54) is 13.4 Å². The number of aliphatic hydroxyl groups is 1. The first kappa shape index (κ1) is 18.2. The van der Waals surface area contributed by atoms with E-state index in [0.29, 0.717) is 46.3 Å². The van der Waals surface area contributed by atoms with E-state index >= 15 is 0 Å². The summed E-state index contributed by atoms with van der Waals surface area (Å²) in [6.07, 6.45) is 6.19. The molecule has 29 heavy (non-hydrogen) atoms. The Morgan fingerprint density at radius 1 is 1.17 bits per heavy atom. The molecule has 0 radical (unpaired) electrons. The highest BCUT2D eigenvalue weighted by Crippen LogP contribution is 2.50. The Labute approximate surface area is 167 Å². The molecule has 1 atom stereocenters. The molecule has 0 bridgehead atoms. The molecule has 1 aromatic rings. The number of ether oxygens (including phenoxy) is 6. The Kier molecular flexibility index (Phi) is 4.31. The molecule has 0 saturated heterocycles. The summed E-state index contributed by atoms with van der Waals surface area (Å²) in [5.41, 5.74) is 1.32. The molecular formula is C21H22O8. The van der Waals surface area contributed by atoms with Crippen molar-refractivity contribution in [3.05, 3.63) is 35.3 Å². The summed E-state index contributed by atoms with van der Waals surface area (Å²) in [4.78, 5) is 13.0. The normalized spacial score (nSPS) is 25.7. The van der Waals surface area contributed by atoms with Gasteiger partial charge in [-0.05, 0) is 30.0 Å². The predicted octanol–water partition coefficient (Wildman–Crippen LogP) is 2.85. The fourth-order valence-electron chi connectivity index (χ4n) is 4.47. The predicted molar refractivity (Wildman–Crippen MR) is 98.8 cm³/mol. The molecule has 1 unspecified atom stereocenters. The van der Waals surface area contributed by atoms with E-state index in [9.17, 15) is 9.90 Å². The average molecular weight is 402 g/mol. The highest BCUT2D eigenvalue weighted by molar-refractivity contribution is 6.20. The van der Waals surface area contributed by atoms with Crippen LogP contribution in [0.25, 0.3) is 5.57 Å². The van der Waals surface area contributed by atoms with E-state index in [-0.39, 0.29) is 19.3 Å². The van der Waals surface area contributed by atoms with Crippen molar-refractivity contribution in [3.63, 3.8) is 0 Å². The van der Waals surface area contributed by atoms with Crippen molar-refractivity contribution in [1.29, 1.82) is 0 Å². The largest absolute Gasteiger partial charge is 0.493 e. The Bertz CT molecular complexity index is 912. The SMILES string of the molecule is COc1cc(C2=C(CC3CCCC3)C(O)(C3=COCO3)OC2=O)cc2c1OCO2. The summed E-state index contributed by atoms with van der Waals surface area (Å²) in [7, 11) is 1.52. The number of carbonyl (C=O) groups is 1. The second kappa shape index (κ2) is 6.88. The van der Waals surface area contributed by atoms with E-state index in [4.69, 9.17) is 28.4 Å².